The SMILES string of the molecule is C=CCOC(C(=O)OC)/C(C(=O)OC)=C(\c1ccc(C)cc1)C(C#N)(C#N)CC=C. The first kappa shape index (κ1) is 24.4. The average molecular weight is 408 g/mol. The summed E-state index contributed by atoms with van der Waals surface area (Å²) in [6.07, 6.45) is 1.15. The van der Waals surface area contributed by atoms with Gasteiger partial charge in [-0.3, -0.25) is 0 Å². The molecule has 0 saturated carbocycles. The third-order valence-corrected chi connectivity index (χ3v) is 4.33. The molecule has 0 heterocycles. The van der Waals surface area contributed by atoms with Crippen molar-refractivity contribution in [1.82, 2.24) is 0 Å². The molecule has 0 aliphatic rings. The maximum Gasteiger partial charge on any atom is 0.339 e. The summed E-state index contributed by atoms with van der Waals surface area (Å²) in [5, 5.41) is 19.9. The molecule has 0 radical (unpaired) electrons. The number of hydrogen-bond acceptors (Lipinski definition) is 7. The normalized spacial score (nSPS) is 12.4. The van der Waals surface area contributed by atoms with Crippen LogP contribution in [0.5, 0.6) is 0 Å². The maximum absolute atomic E-state index is 12.9. The Labute approximate surface area is 176 Å². The predicted molar refractivity (Wildman–Crippen MR) is 111 cm³/mol. The van der Waals surface area contributed by atoms with Crippen molar-refractivity contribution in [3.63, 3.8) is 0 Å². The molecule has 0 aliphatic carbocycles. The minimum atomic E-state index is -1.83. The van der Waals surface area contributed by atoms with E-state index in [1.54, 1.807) is 24.3 Å². The van der Waals surface area contributed by atoms with Gasteiger partial charge in [-0.25, -0.2) is 9.59 Å². The minimum Gasteiger partial charge on any atom is -0.467 e. The lowest BCUT2D eigenvalue weighted by Crippen LogP contribution is -2.35. The molecule has 7 heteroatoms. The molecule has 30 heavy (non-hydrogen) atoms. The van der Waals surface area contributed by atoms with Crippen LogP contribution >= 0.6 is 0 Å². The van der Waals surface area contributed by atoms with E-state index in [1.165, 1.54) is 12.2 Å². The van der Waals surface area contributed by atoms with Crippen molar-refractivity contribution < 1.29 is 23.8 Å². The number of nitriles is 2. The van der Waals surface area contributed by atoms with Crippen molar-refractivity contribution in [2.45, 2.75) is 19.4 Å². The van der Waals surface area contributed by atoms with E-state index >= 15 is 0 Å². The van der Waals surface area contributed by atoms with Crippen molar-refractivity contribution in [1.29, 1.82) is 10.5 Å². The van der Waals surface area contributed by atoms with Crippen molar-refractivity contribution >= 4 is 17.5 Å². The second-order valence-electron chi connectivity index (χ2n) is 6.29. The van der Waals surface area contributed by atoms with Crippen LogP contribution in [0.15, 0.2) is 55.1 Å². The molecule has 0 spiro atoms. The van der Waals surface area contributed by atoms with E-state index in [0.717, 1.165) is 19.8 Å². The molecule has 1 aromatic rings. The van der Waals surface area contributed by atoms with Gasteiger partial charge in [-0.05, 0) is 12.5 Å². The number of hydrogen-bond donors (Lipinski definition) is 0. The lowest BCUT2D eigenvalue weighted by molar-refractivity contribution is -0.154. The molecule has 0 amide bonds. The zero-order valence-electron chi connectivity index (χ0n) is 17.3. The van der Waals surface area contributed by atoms with Crippen molar-refractivity contribution in [3.8, 4) is 12.1 Å². The Morgan fingerprint density at radius 2 is 1.70 bits per heavy atom. The minimum absolute atomic E-state index is 0.00119. The summed E-state index contributed by atoms with van der Waals surface area (Å²) in [7, 11) is 2.27. The molecule has 0 bridgehead atoms. The zero-order valence-corrected chi connectivity index (χ0v) is 17.3. The molecular formula is C23H24N2O5. The topological polar surface area (TPSA) is 109 Å². The number of carbonyl (C=O) groups excluding carboxylic acids is 2. The number of esters is 2. The largest absolute Gasteiger partial charge is 0.467 e. The average Bonchev–Trinajstić information content (AvgIpc) is 2.77. The highest BCUT2D eigenvalue weighted by Gasteiger charge is 2.43. The Bertz CT molecular complexity index is 902. The molecule has 0 aliphatic heterocycles. The van der Waals surface area contributed by atoms with E-state index in [1.807, 2.05) is 19.1 Å². The summed E-state index contributed by atoms with van der Waals surface area (Å²) >= 11 is 0. The molecule has 1 atom stereocenters. The van der Waals surface area contributed by atoms with E-state index < -0.39 is 23.5 Å². The molecule has 156 valence electrons. The van der Waals surface area contributed by atoms with Crippen molar-refractivity contribution in [2.75, 3.05) is 20.8 Å². The number of rotatable bonds is 10. The van der Waals surface area contributed by atoms with Gasteiger partial charge in [0.1, 0.15) is 0 Å². The first-order chi connectivity index (χ1) is 14.3. The van der Waals surface area contributed by atoms with Crippen LogP contribution in [-0.4, -0.2) is 38.9 Å². The quantitative estimate of drug-likeness (QED) is 0.332. The van der Waals surface area contributed by atoms with Crippen LogP contribution in [0.1, 0.15) is 17.5 Å². The summed E-state index contributed by atoms with van der Waals surface area (Å²) in [6.45, 7) is 8.94. The first-order valence-electron chi connectivity index (χ1n) is 8.99. The van der Waals surface area contributed by atoms with Crippen LogP contribution < -0.4 is 0 Å². The van der Waals surface area contributed by atoms with E-state index in [2.05, 4.69) is 13.2 Å². The fourth-order valence-corrected chi connectivity index (χ4v) is 2.89. The second kappa shape index (κ2) is 11.4. The first-order valence-corrected chi connectivity index (χ1v) is 8.99. The summed E-state index contributed by atoms with van der Waals surface area (Å²) in [6, 6.07) is 10.8. The van der Waals surface area contributed by atoms with Crippen LogP contribution in [0.25, 0.3) is 5.57 Å². The molecule has 1 rings (SSSR count). The van der Waals surface area contributed by atoms with E-state index in [-0.39, 0.29) is 24.2 Å². The lowest BCUT2D eigenvalue weighted by Gasteiger charge is -2.27. The molecule has 0 aromatic heterocycles. The standard InChI is InChI=1S/C23H24N2O5/c1-6-12-23(14-24,15-25)19(17-10-8-16(3)9-11-17)18(21(26)28-4)20(22(27)29-5)30-13-7-2/h6-11,20H,1-2,12-13H2,3-5H3/b19-18-. The van der Waals surface area contributed by atoms with Gasteiger partial charge in [0, 0.05) is 12.0 Å². The van der Waals surface area contributed by atoms with Crippen LogP contribution in [0, 0.1) is 35.0 Å². The Morgan fingerprint density at radius 1 is 1.10 bits per heavy atom. The van der Waals surface area contributed by atoms with Crippen LogP contribution in [-0.2, 0) is 23.8 Å². The van der Waals surface area contributed by atoms with Gasteiger partial charge in [0.25, 0.3) is 0 Å². The highest BCUT2D eigenvalue weighted by molar-refractivity contribution is 6.06. The second-order valence-corrected chi connectivity index (χ2v) is 6.29. The monoisotopic (exact) mass is 408 g/mol. The van der Waals surface area contributed by atoms with Crippen molar-refractivity contribution in [3.05, 3.63) is 66.3 Å². The summed E-state index contributed by atoms with van der Waals surface area (Å²) in [4.78, 5) is 25.4. The highest BCUT2D eigenvalue weighted by atomic mass is 16.6. The van der Waals surface area contributed by atoms with Crippen LogP contribution in [0.4, 0.5) is 0 Å². The Balaban J connectivity index is 4.12. The molecule has 1 aromatic carbocycles. The number of benzene rings is 1. The molecule has 0 N–H and O–H groups in total. The number of nitrogens with zero attached hydrogens (tertiary/aromatic N) is 2. The van der Waals surface area contributed by atoms with Gasteiger partial charge in [0.05, 0.1) is 38.5 Å². The number of allylic oxidation sites excluding steroid dienone is 2. The predicted octanol–water partition coefficient (Wildman–Crippen LogP) is 3.28. The number of methoxy groups -OCH3 is 2. The van der Waals surface area contributed by atoms with Gasteiger partial charge in [0.2, 0.25) is 0 Å². The molecular weight excluding hydrogens is 384 g/mol. The Hall–Kier alpha value is -3.68. The molecule has 0 fully saturated rings. The summed E-state index contributed by atoms with van der Waals surface area (Å²) in [5.41, 5.74) is -0.807. The number of ether oxygens (including phenoxy) is 3. The van der Waals surface area contributed by atoms with Gasteiger partial charge in [-0.2, -0.15) is 10.5 Å². The van der Waals surface area contributed by atoms with Gasteiger partial charge >= 0.3 is 11.9 Å². The molecule has 0 saturated heterocycles. The number of aryl methyl sites for hydroxylation is 1. The highest BCUT2D eigenvalue weighted by Crippen LogP contribution is 2.42. The van der Waals surface area contributed by atoms with Gasteiger partial charge in [-0.1, -0.05) is 42.0 Å². The van der Waals surface area contributed by atoms with E-state index in [9.17, 15) is 20.1 Å². The number of carbonyl (C=O) groups is 2. The Kier molecular flexibility index (Phi) is 9.22. The maximum atomic E-state index is 12.9. The fourth-order valence-electron chi connectivity index (χ4n) is 2.89. The van der Waals surface area contributed by atoms with Gasteiger partial charge < -0.3 is 14.2 Å². The van der Waals surface area contributed by atoms with Crippen LogP contribution in [0.2, 0.25) is 0 Å². The lowest BCUT2D eigenvalue weighted by atomic mass is 9.73. The molecule has 1 unspecified atom stereocenters. The molecule has 7 nitrogen and oxygen atoms in total. The summed E-state index contributed by atoms with van der Waals surface area (Å²) < 4.78 is 15.2. The van der Waals surface area contributed by atoms with Gasteiger partial charge in [-0.15, -0.1) is 13.2 Å². The third kappa shape index (κ3) is 5.22. The van der Waals surface area contributed by atoms with Crippen LogP contribution in [0.3, 0.4) is 0 Å². The van der Waals surface area contributed by atoms with E-state index in [0.29, 0.717) is 5.56 Å². The Morgan fingerprint density at radius 3 is 2.13 bits per heavy atom. The van der Waals surface area contributed by atoms with Gasteiger partial charge in [0.15, 0.2) is 11.5 Å². The fraction of sp³-hybridized carbons (Fsp3) is 0.304. The van der Waals surface area contributed by atoms with E-state index in [4.69, 9.17) is 14.2 Å². The zero-order chi connectivity index (χ0) is 22.7. The summed E-state index contributed by atoms with van der Waals surface area (Å²) in [5.74, 6) is -1.81. The smallest absolute Gasteiger partial charge is 0.339 e. The third-order valence-electron chi connectivity index (χ3n) is 4.33. The van der Waals surface area contributed by atoms with Crippen molar-refractivity contribution in [2.24, 2.45) is 5.41 Å².